The first kappa shape index (κ1) is 26.8. The molecule has 0 saturated heterocycles. The van der Waals surface area contributed by atoms with Crippen molar-refractivity contribution < 1.29 is 9.53 Å². The summed E-state index contributed by atoms with van der Waals surface area (Å²) in [6.07, 6.45) is 15.1. The van der Waals surface area contributed by atoms with Gasteiger partial charge in [0.2, 0.25) is 0 Å². The van der Waals surface area contributed by atoms with Gasteiger partial charge in [-0.25, -0.2) is 0 Å². The lowest BCUT2D eigenvalue weighted by Crippen LogP contribution is -2.68. The Morgan fingerprint density at radius 3 is 2.06 bits per heavy atom. The van der Waals surface area contributed by atoms with E-state index >= 15 is 0 Å². The van der Waals surface area contributed by atoms with Crippen LogP contribution in [0.3, 0.4) is 0 Å². The average Bonchev–Trinajstić information content (AvgIpc) is 2.79. The second-order valence-electron chi connectivity index (χ2n) is 16.1. The lowest BCUT2D eigenvalue weighted by Gasteiger charge is -2.75. The Morgan fingerprint density at radius 1 is 0.743 bits per heavy atom. The first-order valence-corrected chi connectivity index (χ1v) is 16.4. The van der Waals surface area contributed by atoms with Gasteiger partial charge in [-0.3, -0.25) is 4.79 Å². The standard InChI is InChI=1S/C32H53IO2/c1-21-22(35-26(34)20-33)9-10-23-29(21,5)12-11-24-30(23,6)16-18-32(8)25-19-27(2,3)13-14-28(25,4)15-17-31(24,32)7/h21-25H,9-20H2,1-8H3. The van der Waals surface area contributed by atoms with Gasteiger partial charge in [0.15, 0.2) is 0 Å². The van der Waals surface area contributed by atoms with Crippen molar-refractivity contribution in [2.45, 2.75) is 132 Å². The predicted octanol–water partition coefficient (Wildman–Crippen LogP) is 9.23. The Hall–Kier alpha value is 0.200. The second kappa shape index (κ2) is 8.35. The van der Waals surface area contributed by atoms with Crippen molar-refractivity contribution in [3.8, 4) is 0 Å². The van der Waals surface area contributed by atoms with Gasteiger partial charge in [-0.05, 0) is 127 Å². The molecule has 0 amide bonds. The average molecular weight is 597 g/mol. The van der Waals surface area contributed by atoms with Crippen molar-refractivity contribution in [1.82, 2.24) is 0 Å². The maximum absolute atomic E-state index is 12.2. The molecule has 0 spiro atoms. The molecule has 0 aromatic carbocycles. The van der Waals surface area contributed by atoms with Crippen LogP contribution in [0.4, 0.5) is 0 Å². The zero-order valence-corrected chi connectivity index (χ0v) is 26.2. The van der Waals surface area contributed by atoms with Crippen LogP contribution in [0.5, 0.6) is 0 Å². The molecular formula is C32H53IO2. The fourth-order valence-corrected chi connectivity index (χ4v) is 11.9. The molecule has 0 heterocycles. The van der Waals surface area contributed by atoms with Gasteiger partial charge in [0.1, 0.15) is 6.10 Å². The number of rotatable bonds is 2. The van der Waals surface area contributed by atoms with Crippen LogP contribution in [-0.2, 0) is 9.53 Å². The first-order valence-electron chi connectivity index (χ1n) is 14.9. The maximum atomic E-state index is 12.2. The molecule has 0 bridgehead atoms. The normalized spacial score (nSPS) is 55.1. The van der Waals surface area contributed by atoms with Crippen molar-refractivity contribution in [2.24, 2.45) is 56.2 Å². The lowest BCUT2D eigenvalue weighted by atomic mass is 9.30. The van der Waals surface area contributed by atoms with Gasteiger partial charge in [0.05, 0.1) is 4.43 Å². The number of esters is 1. The topological polar surface area (TPSA) is 26.3 Å². The van der Waals surface area contributed by atoms with E-state index in [0.717, 1.165) is 24.2 Å². The zero-order chi connectivity index (χ0) is 25.7. The SMILES string of the molecule is CC1C(OC(=O)CI)CCC2C1(C)CCC1C2(C)CCC2(C)C3CC(C)(C)CCC3(C)CCC12C. The van der Waals surface area contributed by atoms with Gasteiger partial charge in [0.25, 0.3) is 0 Å². The van der Waals surface area contributed by atoms with Crippen molar-refractivity contribution in [3.63, 3.8) is 0 Å². The summed E-state index contributed by atoms with van der Waals surface area (Å²) in [5.74, 6) is 2.90. The monoisotopic (exact) mass is 596 g/mol. The first-order chi connectivity index (χ1) is 16.2. The van der Waals surface area contributed by atoms with Gasteiger partial charge in [0, 0.05) is 0 Å². The van der Waals surface area contributed by atoms with Crippen LogP contribution < -0.4 is 0 Å². The lowest BCUT2D eigenvalue weighted by molar-refractivity contribution is -0.263. The fraction of sp³-hybridized carbons (Fsp3) is 0.969. The van der Waals surface area contributed by atoms with E-state index in [9.17, 15) is 4.79 Å². The number of hydrogen-bond acceptors (Lipinski definition) is 2. The Bertz CT molecular complexity index is 868. The molecule has 0 radical (unpaired) electrons. The molecule has 0 aromatic heterocycles. The Balaban J connectivity index is 1.47. The largest absolute Gasteiger partial charge is 0.461 e. The molecule has 5 fully saturated rings. The molecule has 5 aliphatic carbocycles. The number of carbonyl (C=O) groups is 1. The zero-order valence-electron chi connectivity index (χ0n) is 24.1. The number of fused-ring (bicyclic) bond motifs is 7. The minimum absolute atomic E-state index is 0.0222. The van der Waals surface area contributed by atoms with Crippen molar-refractivity contribution >= 4 is 28.6 Å². The summed E-state index contributed by atoms with van der Waals surface area (Å²) >= 11 is 2.15. The molecule has 5 aliphatic rings. The van der Waals surface area contributed by atoms with Crippen molar-refractivity contribution in [3.05, 3.63) is 0 Å². The number of alkyl halides is 1. The van der Waals surface area contributed by atoms with Crippen LogP contribution in [0.2, 0.25) is 0 Å². The van der Waals surface area contributed by atoms with Crippen molar-refractivity contribution in [2.75, 3.05) is 4.43 Å². The van der Waals surface area contributed by atoms with Crippen LogP contribution in [0, 0.1) is 56.2 Å². The minimum atomic E-state index is -0.0222. The molecule has 200 valence electrons. The smallest absolute Gasteiger partial charge is 0.316 e. The molecule has 35 heavy (non-hydrogen) atoms. The highest BCUT2D eigenvalue weighted by Gasteiger charge is 2.70. The van der Waals surface area contributed by atoms with Crippen molar-refractivity contribution in [1.29, 1.82) is 0 Å². The molecular weight excluding hydrogens is 543 g/mol. The van der Waals surface area contributed by atoms with Gasteiger partial charge < -0.3 is 4.74 Å². The van der Waals surface area contributed by atoms with E-state index in [0.29, 0.717) is 42.8 Å². The third kappa shape index (κ3) is 3.68. The van der Waals surface area contributed by atoms with Gasteiger partial charge in [-0.15, -0.1) is 0 Å². The van der Waals surface area contributed by atoms with Gasteiger partial charge in [-0.1, -0.05) is 78.0 Å². The predicted molar refractivity (Wildman–Crippen MR) is 154 cm³/mol. The van der Waals surface area contributed by atoms with E-state index in [1.807, 2.05) is 0 Å². The van der Waals surface area contributed by atoms with E-state index in [4.69, 9.17) is 4.74 Å². The Labute approximate surface area is 230 Å². The summed E-state index contributed by atoms with van der Waals surface area (Å²) in [7, 11) is 0. The molecule has 0 N–H and O–H groups in total. The number of halogens is 1. The van der Waals surface area contributed by atoms with E-state index < -0.39 is 0 Å². The summed E-state index contributed by atoms with van der Waals surface area (Å²) in [4.78, 5) is 12.2. The quantitative estimate of drug-likeness (QED) is 0.180. The van der Waals surface area contributed by atoms with Gasteiger partial charge in [-0.2, -0.15) is 0 Å². The van der Waals surface area contributed by atoms with Crippen LogP contribution >= 0.6 is 22.6 Å². The van der Waals surface area contributed by atoms with E-state index in [1.54, 1.807) is 0 Å². The highest BCUT2D eigenvalue weighted by molar-refractivity contribution is 14.1. The summed E-state index contributed by atoms with van der Waals surface area (Å²) in [5.41, 5.74) is 2.68. The highest BCUT2D eigenvalue weighted by atomic mass is 127. The third-order valence-electron chi connectivity index (χ3n) is 14.3. The van der Waals surface area contributed by atoms with Crippen LogP contribution in [0.25, 0.3) is 0 Å². The summed E-state index contributed by atoms with van der Waals surface area (Å²) in [5, 5.41) is 0. The molecule has 3 heteroatoms. The third-order valence-corrected chi connectivity index (χ3v) is 14.9. The van der Waals surface area contributed by atoms with E-state index in [2.05, 4.69) is 78.0 Å². The number of carbonyl (C=O) groups excluding carboxylic acids is 1. The van der Waals surface area contributed by atoms with E-state index in [1.165, 1.54) is 64.2 Å². The minimum Gasteiger partial charge on any atom is -0.461 e. The summed E-state index contributed by atoms with van der Waals surface area (Å²) < 4.78 is 6.47. The summed E-state index contributed by atoms with van der Waals surface area (Å²) in [6.45, 7) is 21.0. The second-order valence-corrected chi connectivity index (χ2v) is 16.9. The fourth-order valence-electron chi connectivity index (χ4n) is 11.7. The highest BCUT2D eigenvalue weighted by Crippen LogP contribution is 2.78. The van der Waals surface area contributed by atoms with Gasteiger partial charge >= 0.3 is 5.97 Å². The Kier molecular flexibility index (Phi) is 6.39. The molecule has 2 nitrogen and oxygen atoms in total. The molecule has 5 rings (SSSR count). The van der Waals surface area contributed by atoms with Crippen LogP contribution in [0.15, 0.2) is 0 Å². The van der Waals surface area contributed by atoms with Crippen LogP contribution in [0.1, 0.15) is 126 Å². The molecule has 10 unspecified atom stereocenters. The maximum Gasteiger partial charge on any atom is 0.316 e. The number of hydrogen-bond donors (Lipinski definition) is 0. The number of ether oxygens (including phenoxy) is 1. The Morgan fingerprint density at radius 2 is 1.37 bits per heavy atom. The molecule has 10 atom stereocenters. The van der Waals surface area contributed by atoms with E-state index in [-0.39, 0.29) is 12.1 Å². The van der Waals surface area contributed by atoms with Crippen LogP contribution in [-0.4, -0.2) is 16.5 Å². The molecule has 0 aliphatic heterocycles. The summed E-state index contributed by atoms with van der Waals surface area (Å²) in [6, 6.07) is 0. The molecule has 5 saturated carbocycles. The molecule has 0 aromatic rings.